The van der Waals surface area contributed by atoms with Gasteiger partial charge in [-0.1, -0.05) is 0 Å². The Hall–Kier alpha value is -2.85. The molecule has 2 heterocycles. The Morgan fingerprint density at radius 2 is 2.44 bits per heavy atom. The van der Waals surface area contributed by atoms with E-state index in [1.807, 2.05) is 32.0 Å². The van der Waals surface area contributed by atoms with Gasteiger partial charge >= 0.3 is 0 Å². The van der Waals surface area contributed by atoms with Crippen molar-refractivity contribution in [2.45, 2.75) is 26.4 Å². The van der Waals surface area contributed by atoms with E-state index in [9.17, 15) is 10.1 Å². The molecule has 1 aliphatic rings. The van der Waals surface area contributed by atoms with E-state index in [2.05, 4.69) is 10.3 Å². The highest BCUT2D eigenvalue weighted by Gasteiger charge is 2.22. The number of ether oxygens (including phenoxy) is 2. The zero-order valence-corrected chi connectivity index (χ0v) is 14.7. The van der Waals surface area contributed by atoms with Crippen molar-refractivity contribution in [3.63, 3.8) is 0 Å². The van der Waals surface area contributed by atoms with Crippen molar-refractivity contribution in [1.29, 1.82) is 5.26 Å². The van der Waals surface area contributed by atoms with Crippen LogP contribution in [0.25, 0.3) is 6.08 Å². The van der Waals surface area contributed by atoms with Crippen LogP contribution in [-0.2, 0) is 11.2 Å². The molecule has 0 bridgehead atoms. The smallest absolute Gasteiger partial charge is 0.268 e. The molecule has 2 aromatic rings. The molecular weight excluding hydrogens is 338 g/mol. The Bertz CT molecular complexity index is 853. The second-order valence-corrected chi connectivity index (χ2v) is 6.42. The van der Waals surface area contributed by atoms with E-state index in [0.29, 0.717) is 23.1 Å². The minimum Gasteiger partial charge on any atom is -0.493 e. The first-order valence-electron chi connectivity index (χ1n) is 7.89. The lowest BCUT2D eigenvalue weighted by Crippen LogP contribution is -2.13. The summed E-state index contributed by atoms with van der Waals surface area (Å²) in [5.41, 5.74) is 1.68. The summed E-state index contributed by atoms with van der Waals surface area (Å²) in [7, 11) is 0. The van der Waals surface area contributed by atoms with E-state index in [0.717, 1.165) is 17.7 Å². The molecule has 1 aromatic carbocycles. The highest BCUT2D eigenvalue weighted by atomic mass is 32.1. The van der Waals surface area contributed by atoms with Crippen LogP contribution in [0.2, 0.25) is 0 Å². The summed E-state index contributed by atoms with van der Waals surface area (Å²) in [6, 6.07) is 5.67. The molecule has 1 amide bonds. The number of thiazole rings is 1. The maximum Gasteiger partial charge on any atom is 0.268 e. The van der Waals surface area contributed by atoms with Gasteiger partial charge in [0.05, 0.1) is 6.61 Å². The van der Waals surface area contributed by atoms with Gasteiger partial charge in [0.25, 0.3) is 5.91 Å². The first-order chi connectivity index (χ1) is 12.1. The van der Waals surface area contributed by atoms with Gasteiger partial charge in [-0.05, 0) is 32.1 Å². The largest absolute Gasteiger partial charge is 0.493 e. The standard InChI is InChI=1S/C18H17N3O3S/c1-3-23-15-8-12-6-11(2)24-16(12)9-13(15)7-14(10-19)17(22)21-18-20-4-5-25-18/h4-5,7-9,11H,3,6H2,1-2H3,(H,20,21,22)/b14-7+/t11-/m1/s1. The fraction of sp³-hybridized carbons (Fsp3) is 0.278. The van der Waals surface area contributed by atoms with Gasteiger partial charge in [0.2, 0.25) is 0 Å². The molecule has 1 aromatic heterocycles. The Morgan fingerprint density at radius 1 is 1.60 bits per heavy atom. The van der Waals surface area contributed by atoms with Crippen molar-refractivity contribution >= 4 is 28.5 Å². The SMILES string of the molecule is CCOc1cc2c(cc1/C=C(\C#N)C(=O)Nc1nccs1)O[C@H](C)C2. The molecular formula is C18H17N3O3S. The third-order valence-electron chi connectivity index (χ3n) is 3.65. The summed E-state index contributed by atoms with van der Waals surface area (Å²) in [5, 5.41) is 14.2. The second-order valence-electron chi connectivity index (χ2n) is 5.52. The molecule has 1 aliphatic heterocycles. The monoisotopic (exact) mass is 355 g/mol. The minimum absolute atomic E-state index is 0.0258. The maximum absolute atomic E-state index is 12.3. The number of anilines is 1. The number of carbonyl (C=O) groups is 1. The molecule has 1 N–H and O–H groups in total. The van der Waals surface area contributed by atoms with E-state index >= 15 is 0 Å². The Balaban J connectivity index is 1.93. The van der Waals surface area contributed by atoms with Gasteiger partial charge in [0, 0.05) is 29.1 Å². The molecule has 0 saturated heterocycles. The van der Waals surface area contributed by atoms with E-state index in [-0.39, 0.29) is 11.7 Å². The van der Waals surface area contributed by atoms with Crippen LogP contribution in [-0.4, -0.2) is 23.6 Å². The Kier molecular flexibility index (Phi) is 5.00. The van der Waals surface area contributed by atoms with E-state index in [4.69, 9.17) is 9.47 Å². The lowest BCUT2D eigenvalue weighted by molar-refractivity contribution is -0.112. The number of hydrogen-bond acceptors (Lipinski definition) is 6. The summed E-state index contributed by atoms with van der Waals surface area (Å²) in [6.45, 7) is 4.38. The molecule has 7 heteroatoms. The van der Waals surface area contributed by atoms with Crippen molar-refractivity contribution in [3.8, 4) is 17.6 Å². The summed E-state index contributed by atoms with van der Waals surface area (Å²) in [4.78, 5) is 16.3. The van der Waals surface area contributed by atoms with E-state index < -0.39 is 5.91 Å². The van der Waals surface area contributed by atoms with Gasteiger partial charge in [-0.3, -0.25) is 10.1 Å². The van der Waals surface area contributed by atoms with Crippen molar-refractivity contribution in [1.82, 2.24) is 4.98 Å². The fourth-order valence-corrected chi connectivity index (χ4v) is 3.13. The zero-order chi connectivity index (χ0) is 17.8. The molecule has 0 radical (unpaired) electrons. The van der Waals surface area contributed by atoms with Crippen LogP contribution in [0.5, 0.6) is 11.5 Å². The third-order valence-corrected chi connectivity index (χ3v) is 4.33. The second kappa shape index (κ2) is 7.36. The van der Waals surface area contributed by atoms with Gasteiger partial charge in [0.15, 0.2) is 5.13 Å². The summed E-state index contributed by atoms with van der Waals surface area (Å²) >= 11 is 1.29. The molecule has 0 aliphatic carbocycles. The number of nitrogens with zero attached hydrogens (tertiary/aromatic N) is 2. The lowest BCUT2D eigenvalue weighted by atomic mass is 10.0. The van der Waals surface area contributed by atoms with E-state index in [1.165, 1.54) is 17.4 Å². The van der Waals surface area contributed by atoms with Crippen LogP contribution >= 0.6 is 11.3 Å². The number of aromatic nitrogens is 1. The molecule has 0 saturated carbocycles. The summed E-state index contributed by atoms with van der Waals surface area (Å²) in [6.07, 6.45) is 4.02. The molecule has 25 heavy (non-hydrogen) atoms. The fourth-order valence-electron chi connectivity index (χ4n) is 2.60. The van der Waals surface area contributed by atoms with Crippen LogP contribution in [0.15, 0.2) is 29.3 Å². The van der Waals surface area contributed by atoms with E-state index in [1.54, 1.807) is 11.6 Å². The molecule has 128 valence electrons. The summed E-state index contributed by atoms with van der Waals surface area (Å²) in [5.74, 6) is 0.892. The molecule has 0 unspecified atom stereocenters. The Morgan fingerprint density at radius 3 is 3.12 bits per heavy atom. The first-order valence-corrected chi connectivity index (χ1v) is 8.77. The number of amides is 1. The van der Waals surface area contributed by atoms with Gasteiger partial charge in [-0.25, -0.2) is 4.98 Å². The molecule has 0 fully saturated rings. The van der Waals surface area contributed by atoms with Gasteiger partial charge in [0.1, 0.15) is 29.2 Å². The number of hydrogen-bond donors (Lipinski definition) is 1. The highest BCUT2D eigenvalue weighted by Crippen LogP contribution is 2.36. The zero-order valence-electron chi connectivity index (χ0n) is 13.9. The van der Waals surface area contributed by atoms with Gasteiger partial charge in [-0.2, -0.15) is 5.26 Å². The van der Waals surface area contributed by atoms with Crippen molar-refractivity contribution in [2.24, 2.45) is 0 Å². The lowest BCUT2D eigenvalue weighted by Gasteiger charge is -2.10. The van der Waals surface area contributed by atoms with Crippen LogP contribution < -0.4 is 14.8 Å². The average molecular weight is 355 g/mol. The van der Waals surface area contributed by atoms with Crippen LogP contribution in [0.1, 0.15) is 25.0 Å². The van der Waals surface area contributed by atoms with Crippen molar-refractivity contribution in [3.05, 3.63) is 40.4 Å². The normalized spacial score (nSPS) is 15.9. The molecule has 6 nitrogen and oxygen atoms in total. The topological polar surface area (TPSA) is 84.2 Å². The predicted octanol–water partition coefficient (Wildman–Crippen LogP) is 3.41. The number of benzene rings is 1. The number of rotatable bonds is 5. The molecule has 3 rings (SSSR count). The average Bonchev–Trinajstić information content (AvgIpc) is 3.21. The maximum atomic E-state index is 12.3. The van der Waals surface area contributed by atoms with Gasteiger partial charge < -0.3 is 9.47 Å². The number of fused-ring (bicyclic) bond motifs is 1. The van der Waals surface area contributed by atoms with Crippen molar-refractivity contribution < 1.29 is 14.3 Å². The number of carbonyl (C=O) groups excluding carboxylic acids is 1. The van der Waals surface area contributed by atoms with Crippen molar-refractivity contribution in [2.75, 3.05) is 11.9 Å². The predicted molar refractivity (Wildman–Crippen MR) is 95.7 cm³/mol. The molecule has 0 spiro atoms. The summed E-state index contributed by atoms with van der Waals surface area (Å²) < 4.78 is 11.4. The highest BCUT2D eigenvalue weighted by molar-refractivity contribution is 7.13. The van der Waals surface area contributed by atoms with Gasteiger partial charge in [-0.15, -0.1) is 11.3 Å². The Labute approximate surface area is 149 Å². The molecule has 1 atom stereocenters. The first kappa shape index (κ1) is 17.0. The van der Waals surface area contributed by atoms with Crippen LogP contribution in [0.4, 0.5) is 5.13 Å². The number of nitriles is 1. The minimum atomic E-state index is -0.505. The quantitative estimate of drug-likeness (QED) is 0.656. The van der Waals surface area contributed by atoms with Crippen LogP contribution in [0, 0.1) is 11.3 Å². The number of nitrogens with one attached hydrogen (secondary N) is 1. The van der Waals surface area contributed by atoms with Crippen LogP contribution in [0.3, 0.4) is 0 Å². The third kappa shape index (κ3) is 3.80.